The highest BCUT2D eigenvalue weighted by Gasteiger charge is 2.30. The molecule has 1 heterocycles. The van der Waals surface area contributed by atoms with Gasteiger partial charge < -0.3 is 5.11 Å². The number of hydrogen-bond acceptors (Lipinski definition) is 2. The molecule has 0 amide bonds. The fraction of sp³-hybridized carbons (Fsp3) is 0.583. The third-order valence-corrected chi connectivity index (χ3v) is 4.98. The SMILES string of the molecule is O=C(O)C(Cc1ccc(Br)s1)C1CCCC1. The second kappa shape index (κ2) is 5.32. The van der Waals surface area contributed by atoms with Crippen LogP contribution in [0.4, 0.5) is 0 Å². The van der Waals surface area contributed by atoms with Crippen LogP contribution in [0, 0.1) is 11.8 Å². The van der Waals surface area contributed by atoms with E-state index in [9.17, 15) is 9.90 Å². The lowest BCUT2D eigenvalue weighted by Crippen LogP contribution is -2.23. The van der Waals surface area contributed by atoms with Crippen LogP contribution < -0.4 is 0 Å². The van der Waals surface area contributed by atoms with Crippen LogP contribution in [0.3, 0.4) is 0 Å². The smallest absolute Gasteiger partial charge is 0.307 e. The summed E-state index contributed by atoms with van der Waals surface area (Å²) in [5.74, 6) is -0.428. The first kappa shape index (κ1) is 12.1. The zero-order valence-electron chi connectivity index (χ0n) is 8.99. The topological polar surface area (TPSA) is 37.3 Å². The van der Waals surface area contributed by atoms with E-state index < -0.39 is 5.97 Å². The number of carbonyl (C=O) groups is 1. The predicted molar refractivity (Wildman–Crippen MR) is 68.8 cm³/mol. The number of aliphatic carboxylic acids is 1. The molecule has 0 spiro atoms. The molecule has 0 aromatic carbocycles. The molecule has 1 aromatic rings. The maximum Gasteiger partial charge on any atom is 0.307 e. The van der Waals surface area contributed by atoms with E-state index in [0.717, 1.165) is 16.6 Å². The van der Waals surface area contributed by atoms with Gasteiger partial charge in [0.1, 0.15) is 0 Å². The fourth-order valence-electron chi connectivity index (χ4n) is 2.49. The third kappa shape index (κ3) is 2.86. The van der Waals surface area contributed by atoms with Gasteiger partial charge in [0.15, 0.2) is 0 Å². The Balaban J connectivity index is 2.05. The van der Waals surface area contributed by atoms with Gasteiger partial charge >= 0.3 is 5.97 Å². The molecular weight excluding hydrogens is 288 g/mol. The Kier molecular flexibility index (Phi) is 4.03. The summed E-state index contributed by atoms with van der Waals surface area (Å²) in [6, 6.07) is 4.02. The van der Waals surface area contributed by atoms with Crippen molar-refractivity contribution in [1.82, 2.24) is 0 Å². The van der Waals surface area contributed by atoms with E-state index in [1.807, 2.05) is 12.1 Å². The molecule has 2 nitrogen and oxygen atoms in total. The number of carboxylic acids is 1. The summed E-state index contributed by atoms with van der Waals surface area (Å²) in [5.41, 5.74) is 0. The Morgan fingerprint density at radius 3 is 2.69 bits per heavy atom. The maximum atomic E-state index is 11.3. The lowest BCUT2D eigenvalue weighted by molar-refractivity contribution is -0.143. The van der Waals surface area contributed by atoms with E-state index in [1.165, 1.54) is 17.7 Å². The molecular formula is C12H15BrO2S. The molecule has 2 rings (SSSR count). The first-order valence-corrected chi connectivity index (χ1v) is 7.25. The van der Waals surface area contributed by atoms with Gasteiger partial charge in [0.2, 0.25) is 0 Å². The number of thiophene rings is 1. The Bertz CT molecular complexity index is 369. The molecule has 0 bridgehead atoms. The van der Waals surface area contributed by atoms with Crippen molar-refractivity contribution in [3.63, 3.8) is 0 Å². The summed E-state index contributed by atoms with van der Waals surface area (Å²) in [5, 5.41) is 9.29. The molecule has 1 aliphatic carbocycles. The minimum Gasteiger partial charge on any atom is -0.481 e. The monoisotopic (exact) mass is 302 g/mol. The van der Waals surface area contributed by atoms with E-state index in [1.54, 1.807) is 11.3 Å². The van der Waals surface area contributed by atoms with Gasteiger partial charge in [-0.15, -0.1) is 11.3 Å². The average molecular weight is 303 g/mol. The quantitative estimate of drug-likeness (QED) is 0.914. The predicted octanol–water partition coefficient (Wildman–Crippen LogP) is 3.94. The summed E-state index contributed by atoms with van der Waals surface area (Å²) >= 11 is 5.06. The van der Waals surface area contributed by atoms with E-state index in [0.29, 0.717) is 12.3 Å². The molecule has 1 N–H and O–H groups in total. The van der Waals surface area contributed by atoms with Gasteiger partial charge in [0.05, 0.1) is 9.70 Å². The third-order valence-electron chi connectivity index (χ3n) is 3.34. The van der Waals surface area contributed by atoms with Gasteiger partial charge in [-0.3, -0.25) is 4.79 Å². The van der Waals surface area contributed by atoms with Crippen LogP contribution in [-0.2, 0) is 11.2 Å². The zero-order valence-corrected chi connectivity index (χ0v) is 11.4. The summed E-state index contributed by atoms with van der Waals surface area (Å²) in [4.78, 5) is 12.5. The molecule has 0 radical (unpaired) electrons. The largest absolute Gasteiger partial charge is 0.481 e. The molecule has 1 unspecified atom stereocenters. The van der Waals surface area contributed by atoms with Crippen LogP contribution in [0.1, 0.15) is 30.6 Å². The normalized spacial score (nSPS) is 18.8. The number of rotatable bonds is 4. The molecule has 0 aliphatic heterocycles. The van der Waals surface area contributed by atoms with Gasteiger partial charge in [-0.1, -0.05) is 12.8 Å². The molecule has 0 saturated heterocycles. The summed E-state index contributed by atoms with van der Waals surface area (Å²) < 4.78 is 1.08. The number of hydrogen-bond donors (Lipinski definition) is 1. The Morgan fingerprint density at radius 2 is 2.19 bits per heavy atom. The van der Waals surface area contributed by atoms with Gasteiger partial charge in [-0.2, -0.15) is 0 Å². The molecule has 1 aliphatic rings. The molecule has 4 heteroatoms. The van der Waals surface area contributed by atoms with Crippen LogP contribution in [0.25, 0.3) is 0 Å². The average Bonchev–Trinajstić information content (AvgIpc) is 2.84. The standard InChI is InChI=1S/C12H15BrO2S/c13-11-6-5-9(16-11)7-10(12(14)15)8-3-1-2-4-8/h5-6,8,10H,1-4,7H2,(H,14,15). The van der Waals surface area contributed by atoms with Crippen LogP contribution in [0.15, 0.2) is 15.9 Å². The van der Waals surface area contributed by atoms with Crippen molar-refractivity contribution in [2.24, 2.45) is 11.8 Å². The van der Waals surface area contributed by atoms with Crippen molar-refractivity contribution in [3.05, 3.63) is 20.8 Å². The van der Waals surface area contributed by atoms with Crippen molar-refractivity contribution in [3.8, 4) is 0 Å². The number of carboxylic acid groups (broad SMARTS) is 1. The second-order valence-electron chi connectivity index (χ2n) is 4.40. The zero-order chi connectivity index (χ0) is 11.5. The van der Waals surface area contributed by atoms with E-state index in [4.69, 9.17) is 0 Å². The Labute approximate surface area is 108 Å². The lowest BCUT2D eigenvalue weighted by Gasteiger charge is -2.18. The Morgan fingerprint density at radius 1 is 1.50 bits per heavy atom. The highest BCUT2D eigenvalue weighted by molar-refractivity contribution is 9.11. The molecule has 88 valence electrons. The maximum absolute atomic E-state index is 11.3. The van der Waals surface area contributed by atoms with Gasteiger partial charge in [-0.25, -0.2) is 0 Å². The van der Waals surface area contributed by atoms with Gasteiger partial charge in [-0.05, 0) is 53.2 Å². The lowest BCUT2D eigenvalue weighted by atomic mass is 9.88. The summed E-state index contributed by atoms with van der Waals surface area (Å²) in [7, 11) is 0. The van der Waals surface area contributed by atoms with Crippen molar-refractivity contribution < 1.29 is 9.90 Å². The summed E-state index contributed by atoms with van der Waals surface area (Å²) in [6.07, 6.45) is 5.26. The fourth-order valence-corrected chi connectivity index (χ4v) is 4.04. The molecule has 16 heavy (non-hydrogen) atoms. The van der Waals surface area contributed by atoms with Crippen molar-refractivity contribution in [1.29, 1.82) is 0 Å². The first-order valence-electron chi connectivity index (χ1n) is 5.64. The summed E-state index contributed by atoms with van der Waals surface area (Å²) in [6.45, 7) is 0. The molecule has 1 fully saturated rings. The van der Waals surface area contributed by atoms with E-state index >= 15 is 0 Å². The minimum atomic E-state index is -0.628. The van der Waals surface area contributed by atoms with Gasteiger partial charge in [0.25, 0.3) is 0 Å². The van der Waals surface area contributed by atoms with E-state index in [-0.39, 0.29) is 5.92 Å². The Hall–Kier alpha value is -0.350. The highest BCUT2D eigenvalue weighted by atomic mass is 79.9. The van der Waals surface area contributed by atoms with Crippen molar-refractivity contribution in [2.75, 3.05) is 0 Å². The van der Waals surface area contributed by atoms with Crippen molar-refractivity contribution in [2.45, 2.75) is 32.1 Å². The first-order chi connectivity index (χ1) is 7.66. The highest BCUT2D eigenvalue weighted by Crippen LogP contribution is 2.35. The van der Waals surface area contributed by atoms with Gasteiger partial charge in [0, 0.05) is 4.88 Å². The van der Waals surface area contributed by atoms with Crippen LogP contribution >= 0.6 is 27.3 Å². The van der Waals surface area contributed by atoms with Crippen LogP contribution in [0.2, 0.25) is 0 Å². The molecule has 1 saturated carbocycles. The molecule has 1 atom stereocenters. The second-order valence-corrected chi connectivity index (χ2v) is 6.95. The minimum absolute atomic E-state index is 0.187. The van der Waals surface area contributed by atoms with Crippen LogP contribution in [0.5, 0.6) is 0 Å². The van der Waals surface area contributed by atoms with Crippen molar-refractivity contribution >= 4 is 33.2 Å². The van der Waals surface area contributed by atoms with E-state index in [2.05, 4.69) is 15.9 Å². The van der Waals surface area contributed by atoms with Crippen LogP contribution in [-0.4, -0.2) is 11.1 Å². The number of halogens is 1. The molecule has 1 aromatic heterocycles.